The Kier molecular flexibility index (Phi) is 9.01. The molecule has 0 heterocycles. The van der Waals surface area contributed by atoms with E-state index in [0.29, 0.717) is 39.8 Å². The largest absolute Gasteiger partial charge is 0.489 e. The summed E-state index contributed by atoms with van der Waals surface area (Å²) < 4.78 is 15.9. The van der Waals surface area contributed by atoms with E-state index in [1.54, 1.807) is 31.2 Å². The van der Waals surface area contributed by atoms with Gasteiger partial charge >= 0.3 is 11.9 Å². The first-order chi connectivity index (χ1) is 14.4. The number of carboxylic acid groups (broad SMARTS) is 1. The lowest BCUT2D eigenvalue weighted by atomic mass is 10.2. The first-order valence-corrected chi connectivity index (χ1v) is 10.5. The first-order valence-electron chi connectivity index (χ1n) is 9.70. The Morgan fingerprint density at radius 3 is 1.74 bits per heavy atom. The molecule has 0 bridgehead atoms. The van der Waals surface area contributed by atoms with Gasteiger partial charge in [-0.1, -0.05) is 30.6 Å². The molecule has 4 rings (SSSR count). The summed E-state index contributed by atoms with van der Waals surface area (Å²) in [5, 5.41) is 9.51. The molecule has 31 heavy (non-hydrogen) atoms. The normalized spacial score (nSPS) is 14.4. The lowest BCUT2D eigenvalue weighted by Gasteiger charge is -2.08. The smallest absolute Gasteiger partial charge is 0.338 e. The molecular weight excluding hydrogens is 443 g/mol. The zero-order valence-corrected chi connectivity index (χ0v) is 17.9. The topological polar surface area (TPSA) is 82.1 Å². The van der Waals surface area contributed by atoms with E-state index in [1.165, 1.54) is 12.1 Å². The molecule has 0 amide bonds. The van der Waals surface area contributed by atoms with Gasteiger partial charge in [0.1, 0.15) is 11.5 Å². The number of aromatic carboxylic acids is 1. The van der Waals surface area contributed by atoms with E-state index in [1.807, 2.05) is 0 Å². The molecule has 2 aliphatic carbocycles. The Labute approximate surface area is 192 Å². The van der Waals surface area contributed by atoms with Crippen molar-refractivity contribution < 1.29 is 28.9 Å². The van der Waals surface area contributed by atoms with Crippen LogP contribution in [0.3, 0.4) is 0 Å². The Morgan fingerprint density at radius 1 is 0.903 bits per heavy atom. The summed E-state index contributed by atoms with van der Waals surface area (Å²) in [7, 11) is 0. The fourth-order valence-corrected chi connectivity index (χ4v) is 2.85. The Bertz CT molecular complexity index is 922. The summed E-state index contributed by atoms with van der Waals surface area (Å²) in [6, 6.07) is 9.46. The molecule has 0 saturated heterocycles. The lowest BCUT2D eigenvalue weighted by molar-refractivity contribution is 0.0525. The standard InChI is InChI=1S/C12H13ClO3.C10H9ClO3.CH4/c1-2-15-12(14)8-3-6-11(10(13)7-8)16-9-4-5-9;11-8-5-6(10(12)13)1-4-9(8)14-7-2-3-7;/h3,6-7,9H,2,4-5H2,1H3;1,4-5,7H,2-3H2,(H,12,13);1H4. The van der Waals surface area contributed by atoms with Crippen LogP contribution in [0.5, 0.6) is 11.5 Å². The van der Waals surface area contributed by atoms with E-state index >= 15 is 0 Å². The van der Waals surface area contributed by atoms with Crippen molar-refractivity contribution >= 4 is 35.1 Å². The van der Waals surface area contributed by atoms with Crippen LogP contribution in [-0.2, 0) is 4.74 Å². The SMILES string of the molecule is C.CCOC(=O)c1ccc(OC2CC2)c(Cl)c1.O=C(O)c1ccc(OC2CC2)c(Cl)c1. The van der Waals surface area contributed by atoms with Crippen molar-refractivity contribution in [3.05, 3.63) is 57.6 Å². The third kappa shape index (κ3) is 7.64. The van der Waals surface area contributed by atoms with Crippen LogP contribution in [0.1, 0.15) is 60.7 Å². The molecule has 1 N–H and O–H groups in total. The zero-order chi connectivity index (χ0) is 21.7. The van der Waals surface area contributed by atoms with Crippen LogP contribution in [0.25, 0.3) is 0 Å². The van der Waals surface area contributed by atoms with Gasteiger partial charge in [-0.2, -0.15) is 0 Å². The van der Waals surface area contributed by atoms with E-state index in [0.717, 1.165) is 25.7 Å². The molecule has 2 aromatic carbocycles. The highest BCUT2D eigenvalue weighted by Gasteiger charge is 2.25. The summed E-state index contributed by atoms with van der Waals surface area (Å²) in [6.07, 6.45) is 4.83. The minimum absolute atomic E-state index is 0. The molecule has 2 aliphatic rings. The molecule has 0 spiro atoms. The maximum atomic E-state index is 11.4. The van der Waals surface area contributed by atoms with Gasteiger partial charge in [0, 0.05) is 0 Å². The number of carboxylic acids is 1. The second-order valence-corrected chi connectivity index (χ2v) is 7.76. The molecule has 8 heteroatoms. The highest BCUT2D eigenvalue weighted by molar-refractivity contribution is 6.32. The van der Waals surface area contributed by atoms with Crippen LogP contribution in [0, 0.1) is 0 Å². The second-order valence-electron chi connectivity index (χ2n) is 6.95. The van der Waals surface area contributed by atoms with Crippen LogP contribution in [0.15, 0.2) is 36.4 Å². The fourth-order valence-electron chi connectivity index (χ4n) is 2.40. The van der Waals surface area contributed by atoms with Crippen LogP contribution < -0.4 is 9.47 Å². The number of rotatable bonds is 7. The first kappa shape index (κ1) is 24.8. The minimum atomic E-state index is -0.982. The Hall–Kier alpha value is -2.44. The molecule has 0 unspecified atom stereocenters. The van der Waals surface area contributed by atoms with Gasteiger partial charge in [0.05, 0.1) is 40.0 Å². The van der Waals surface area contributed by atoms with Crippen molar-refractivity contribution in [3.8, 4) is 11.5 Å². The number of hydrogen-bond donors (Lipinski definition) is 1. The summed E-state index contributed by atoms with van der Waals surface area (Å²) in [4.78, 5) is 22.0. The van der Waals surface area contributed by atoms with Gasteiger partial charge in [0.25, 0.3) is 0 Å². The van der Waals surface area contributed by atoms with Crippen molar-refractivity contribution in [1.29, 1.82) is 0 Å². The van der Waals surface area contributed by atoms with Gasteiger partial charge in [-0.05, 0) is 69.0 Å². The highest BCUT2D eigenvalue weighted by Crippen LogP contribution is 2.33. The molecule has 168 valence electrons. The Morgan fingerprint density at radius 2 is 1.35 bits per heavy atom. The van der Waals surface area contributed by atoms with Crippen LogP contribution in [0.4, 0.5) is 0 Å². The van der Waals surface area contributed by atoms with Crippen molar-refractivity contribution in [2.24, 2.45) is 0 Å². The molecule has 0 radical (unpaired) electrons. The van der Waals surface area contributed by atoms with Crippen LogP contribution >= 0.6 is 23.2 Å². The van der Waals surface area contributed by atoms with Crippen molar-refractivity contribution in [1.82, 2.24) is 0 Å². The zero-order valence-electron chi connectivity index (χ0n) is 16.4. The molecule has 2 aromatic rings. The number of ether oxygens (including phenoxy) is 3. The third-order valence-corrected chi connectivity index (χ3v) is 4.85. The van der Waals surface area contributed by atoms with Crippen LogP contribution in [0.2, 0.25) is 10.0 Å². The highest BCUT2D eigenvalue weighted by atomic mass is 35.5. The third-order valence-electron chi connectivity index (χ3n) is 4.26. The predicted octanol–water partition coefficient (Wildman–Crippen LogP) is 6.27. The van der Waals surface area contributed by atoms with Crippen LogP contribution in [-0.4, -0.2) is 35.9 Å². The van der Waals surface area contributed by atoms with Gasteiger partial charge < -0.3 is 19.3 Å². The molecule has 2 saturated carbocycles. The summed E-state index contributed by atoms with van der Waals surface area (Å²) in [5.74, 6) is -0.136. The van der Waals surface area contributed by atoms with Crippen molar-refractivity contribution in [2.45, 2.75) is 52.2 Å². The summed E-state index contributed by atoms with van der Waals surface area (Å²) in [5.41, 5.74) is 0.633. The monoisotopic (exact) mass is 468 g/mol. The average Bonchev–Trinajstić information content (AvgIpc) is 3.62. The minimum Gasteiger partial charge on any atom is -0.489 e. The van der Waals surface area contributed by atoms with E-state index in [-0.39, 0.29) is 25.1 Å². The molecular formula is C23H26Cl2O6. The number of halogens is 2. The predicted molar refractivity (Wildman–Crippen MR) is 120 cm³/mol. The van der Waals surface area contributed by atoms with E-state index in [2.05, 4.69) is 0 Å². The van der Waals surface area contributed by atoms with Gasteiger partial charge in [-0.15, -0.1) is 0 Å². The quantitative estimate of drug-likeness (QED) is 0.481. The lowest BCUT2D eigenvalue weighted by Crippen LogP contribution is -2.05. The maximum Gasteiger partial charge on any atom is 0.338 e. The number of benzene rings is 2. The second kappa shape index (κ2) is 11.3. The maximum absolute atomic E-state index is 11.4. The number of carbonyl (C=O) groups excluding carboxylic acids is 1. The van der Waals surface area contributed by atoms with Crippen molar-refractivity contribution in [3.63, 3.8) is 0 Å². The molecule has 0 aliphatic heterocycles. The van der Waals surface area contributed by atoms with Gasteiger partial charge in [0.2, 0.25) is 0 Å². The number of esters is 1. The number of carbonyl (C=O) groups is 2. The summed E-state index contributed by atoms with van der Waals surface area (Å²) >= 11 is 11.9. The van der Waals surface area contributed by atoms with Gasteiger partial charge in [0.15, 0.2) is 0 Å². The molecule has 0 aromatic heterocycles. The van der Waals surface area contributed by atoms with Gasteiger partial charge in [-0.25, -0.2) is 9.59 Å². The summed E-state index contributed by atoms with van der Waals surface area (Å²) in [6.45, 7) is 2.13. The molecule has 2 fully saturated rings. The molecule has 6 nitrogen and oxygen atoms in total. The Balaban J connectivity index is 0.000000215. The van der Waals surface area contributed by atoms with E-state index < -0.39 is 5.97 Å². The van der Waals surface area contributed by atoms with E-state index in [9.17, 15) is 9.59 Å². The average molecular weight is 469 g/mol. The fraction of sp³-hybridized carbons (Fsp3) is 0.391. The van der Waals surface area contributed by atoms with E-state index in [4.69, 9.17) is 42.5 Å². The van der Waals surface area contributed by atoms with Gasteiger partial charge in [-0.3, -0.25) is 0 Å². The molecule has 0 atom stereocenters. The number of hydrogen-bond acceptors (Lipinski definition) is 5. The van der Waals surface area contributed by atoms with Crippen molar-refractivity contribution in [2.75, 3.05) is 6.61 Å².